The number of aromatic hydroxyl groups is 1. The van der Waals surface area contributed by atoms with Gasteiger partial charge in [-0.2, -0.15) is 0 Å². The number of phenols is 1. The Labute approximate surface area is 179 Å². The van der Waals surface area contributed by atoms with Crippen LogP contribution in [0.1, 0.15) is 12.6 Å². The maximum atomic E-state index is 9.93. The Morgan fingerprint density at radius 2 is 1.03 bits per heavy atom. The third-order valence-electron chi connectivity index (χ3n) is 3.75. The van der Waals surface area contributed by atoms with Gasteiger partial charge in [0, 0.05) is 10.1 Å². The van der Waals surface area contributed by atoms with Gasteiger partial charge in [-0.05, 0) is 48.2 Å². The van der Waals surface area contributed by atoms with Crippen molar-refractivity contribution < 1.29 is 23.4 Å². The zero-order valence-corrected chi connectivity index (χ0v) is 19.0. The van der Waals surface area contributed by atoms with Crippen LogP contribution in [-0.4, -0.2) is 29.8 Å². The second-order valence-electron chi connectivity index (χ2n) is 6.57. The Hall–Kier alpha value is -1.79. The second kappa shape index (κ2) is 9.14. The fraction of sp³-hybridized carbons (Fsp3) is 0.143. The van der Waals surface area contributed by atoms with Crippen molar-refractivity contribution in [1.82, 2.24) is 0 Å². The molecule has 0 amide bonds. The van der Waals surface area contributed by atoms with E-state index < -0.39 is 19.5 Å². The Bertz CT molecular complexity index is 871. The molecular weight excluding hydrogens is 536 g/mol. The van der Waals surface area contributed by atoms with E-state index in [2.05, 4.69) is 60.7 Å². The number of hydrogen-bond acceptors (Lipinski definition) is 2. The van der Waals surface area contributed by atoms with Gasteiger partial charge < -0.3 is 5.11 Å². The normalized spacial score (nSPS) is 13.7. The molecule has 0 aromatic heterocycles. The summed E-state index contributed by atoms with van der Waals surface area (Å²) in [5.74, 6) is 0.317. The van der Waals surface area contributed by atoms with E-state index in [0.29, 0.717) is 11.0 Å². The van der Waals surface area contributed by atoms with Gasteiger partial charge in [-0.3, -0.25) is 0 Å². The van der Waals surface area contributed by atoms with Crippen LogP contribution in [0.4, 0.5) is 16.9 Å². The Kier molecular flexibility index (Phi) is 7.46. The molecule has 0 aliphatic heterocycles. The van der Waals surface area contributed by atoms with E-state index in [0.717, 1.165) is 12.8 Å². The Morgan fingerprint density at radius 1 is 0.667 bits per heavy atom. The molecule has 1 nitrogen and oxygen atoms in total. The van der Waals surface area contributed by atoms with Gasteiger partial charge in [-0.25, -0.2) is 0 Å². The standard InChI is InChI=1S/C21H20OS.6FH.Sb/c22-19-11-13-20(14-12-19)23-21(15-17-7-3-1-4-8-17)16-18-9-5-2-6-10-18;;;;;;;/h1-14,21-22H,15-16H2;6*1H;/q;;;;;;;+5/p-5. The predicted molar refractivity (Wildman–Crippen MR) is 112 cm³/mol. The van der Waals surface area contributed by atoms with Crippen LogP contribution in [0.15, 0.2) is 89.8 Å². The minimum atomic E-state index is -11.2. The molecule has 0 radical (unpaired) electrons. The van der Waals surface area contributed by atoms with Crippen LogP contribution in [0.2, 0.25) is 0 Å². The van der Waals surface area contributed by atoms with Crippen LogP contribution in [-0.2, 0) is 12.8 Å². The zero-order valence-electron chi connectivity index (χ0n) is 16.6. The molecule has 9 heteroatoms. The summed E-state index contributed by atoms with van der Waals surface area (Å²) in [6, 6.07) is 28.8. The number of rotatable bonds is 6. The Morgan fingerprint density at radius 3 is 1.40 bits per heavy atom. The van der Waals surface area contributed by atoms with Gasteiger partial charge in [-0.1, -0.05) is 60.7 Å². The summed E-state index contributed by atoms with van der Waals surface area (Å²) in [4.78, 5) is 1.19. The van der Waals surface area contributed by atoms with Crippen molar-refractivity contribution in [3.63, 3.8) is 0 Å². The summed E-state index contributed by atoms with van der Waals surface area (Å²) >= 11 is -9.37. The summed E-state index contributed by atoms with van der Waals surface area (Å²) in [7, 11) is 0. The molecule has 0 spiro atoms. The average molecular weight is 557 g/mol. The van der Waals surface area contributed by atoms with Crippen LogP contribution in [0.3, 0.4) is 0 Å². The molecule has 0 aliphatic carbocycles. The molecule has 30 heavy (non-hydrogen) atoms. The zero-order chi connectivity index (χ0) is 22.3. The van der Waals surface area contributed by atoms with Crippen LogP contribution in [0.5, 0.6) is 5.75 Å². The first-order valence-electron chi connectivity index (χ1n) is 8.84. The number of thioether (sulfide) groups is 1. The van der Waals surface area contributed by atoms with Crippen molar-refractivity contribution >= 4 is 31.2 Å². The molecule has 0 saturated heterocycles. The van der Waals surface area contributed by atoms with Crippen molar-refractivity contribution in [2.24, 2.45) is 0 Å². The van der Waals surface area contributed by atoms with Gasteiger partial charge in [0.15, 0.2) is 0 Å². The summed E-state index contributed by atoms with van der Waals surface area (Å²) in [5, 5.41) is 9.91. The molecule has 3 rings (SSSR count). The van der Waals surface area contributed by atoms with Crippen molar-refractivity contribution in [3.05, 3.63) is 96.1 Å². The molecule has 0 unspecified atom stereocenters. The molecule has 0 fully saturated rings. The topological polar surface area (TPSA) is 20.2 Å². The first-order valence-corrected chi connectivity index (χ1v) is 15.5. The summed E-state index contributed by atoms with van der Waals surface area (Å²) < 4.78 is 59.6. The predicted octanol–water partition coefficient (Wildman–Crippen LogP) is 7.59. The summed E-state index contributed by atoms with van der Waals surface area (Å²) in [5.41, 5.74) is 2.72. The van der Waals surface area contributed by atoms with Crippen LogP contribution in [0.25, 0.3) is 0 Å². The minimum absolute atomic E-state index is 0. The number of halogens is 6. The molecule has 1 N–H and O–H groups in total. The van der Waals surface area contributed by atoms with Crippen molar-refractivity contribution in [2.75, 3.05) is 0 Å². The van der Waals surface area contributed by atoms with E-state index in [-0.39, 0.29) is 1.43 Å². The van der Waals surface area contributed by atoms with E-state index in [1.54, 1.807) is 12.1 Å². The van der Waals surface area contributed by atoms with Crippen molar-refractivity contribution in [3.8, 4) is 5.75 Å². The molecule has 0 bridgehead atoms. The fourth-order valence-electron chi connectivity index (χ4n) is 2.63. The van der Waals surface area contributed by atoms with Crippen molar-refractivity contribution in [1.29, 1.82) is 0 Å². The number of phenolic OH excluding ortho intramolecular Hbond substituents is 1. The third-order valence-corrected chi connectivity index (χ3v) is 4.96. The molecule has 0 heterocycles. The molecule has 3 aromatic rings. The molecule has 3 aromatic carbocycles. The first kappa shape index (κ1) is 24.5. The van der Waals surface area contributed by atoms with Crippen molar-refractivity contribution in [2.45, 2.75) is 23.0 Å². The van der Waals surface area contributed by atoms with Gasteiger partial charge in [0.25, 0.3) is 0 Å². The van der Waals surface area contributed by atoms with E-state index in [9.17, 15) is 22.0 Å². The first-order chi connectivity index (χ1) is 13.7. The maximum absolute atomic E-state index is 11.2. The quantitative estimate of drug-likeness (QED) is 0.192. The van der Waals surface area contributed by atoms with E-state index in [1.807, 2.05) is 23.9 Å². The maximum Gasteiger partial charge on any atom is 1.00 e. The van der Waals surface area contributed by atoms with Crippen LogP contribution < -0.4 is 0 Å². The number of benzene rings is 3. The molecule has 164 valence electrons. The monoisotopic (exact) mass is 556 g/mol. The minimum Gasteiger partial charge on any atom is 1.00 e. The van der Waals surface area contributed by atoms with Gasteiger partial charge in [0.2, 0.25) is 0 Å². The van der Waals surface area contributed by atoms with Crippen LogP contribution in [0, 0.1) is 0 Å². The second-order valence-corrected chi connectivity index (χ2v) is 13.4. The largest absolute Gasteiger partial charge is 1.00 e. The van der Waals surface area contributed by atoms with Gasteiger partial charge in [0.05, 0.1) is 0 Å². The average Bonchev–Trinajstić information content (AvgIpc) is 2.63. The van der Waals surface area contributed by atoms with E-state index >= 15 is 0 Å². The molecular formula is C21H21F6OSSb. The molecule has 0 atom stereocenters. The number of hydrogen-bond donors (Lipinski definition) is 1. The van der Waals surface area contributed by atoms with E-state index in [1.165, 1.54) is 16.0 Å². The van der Waals surface area contributed by atoms with Gasteiger partial charge in [-0.15, -0.1) is 11.8 Å². The molecule has 0 aliphatic rings. The van der Waals surface area contributed by atoms with Gasteiger partial charge in [0.1, 0.15) is 5.75 Å². The van der Waals surface area contributed by atoms with Crippen LogP contribution >= 0.6 is 11.8 Å². The third kappa shape index (κ3) is 12.7. The Balaban J connectivity index is 0.000000523. The summed E-state index contributed by atoms with van der Waals surface area (Å²) in [6.07, 6.45) is 2.06. The van der Waals surface area contributed by atoms with Gasteiger partial charge >= 0.3 is 37.8 Å². The SMILES string of the molecule is Oc1ccc(SC(Cc2ccccc2)Cc2ccccc2)cc1.[F][Sb-]([F])([F])([F])([F])[F].[H+]. The summed E-state index contributed by atoms with van der Waals surface area (Å²) in [6.45, 7) is 0. The molecule has 0 saturated carbocycles. The smallest absolute Gasteiger partial charge is 1.00 e. The van der Waals surface area contributed by atoms with E-state index in [4.69, 9.17) is 0 Å². The fourth-order valence-corrected chi connectivity index (χ4v) is 3.86.